The first-order valence-electron chi connectivity index (χ1n) is 4.31. The van der Waals surface area contributed by atoms with Crippen LogP contribution in [-0.4, -0.2) is 0 Å². The van der Waals surface area contributed by atoms with Crippen molar-refractivity contribution >= 4 is 0 Å². The summed E-state index contributed by atoms with van der Waals surface area (Å²) in [5, 5.41) is 0. The van der Waals surface area contributed by atoms with Gasteiger partial charge in [-0.25, -0.2) is 0 Å². The molecule has 1 aliphatic rings. The Labute approximate surface area is 69.4 Å². The van der Waals surface area contributed by atoms with Crippen molar-refractivity contribution in [3.8, 4) is 23.7 Å². The lowest BCUT2D eigenvalue weighted by molar-refractivity contribution is 0.539. The van der Waals surface area contributed by atoms with E-state index in [1.54, 1.807) is 0 Å². The highest BCUT2D eigenvalue weighted by molar-refractivity contribution is 5.08. The fourth-order valence-corrected chi connectivity index (χ4v) is 1.31. The molecule has 0 amide bonds. The smallest absolute Gasteiger partial charge is 0.0212 e. The highest BCUT2D eigenvalue weighted by atomic mass is 14.1. The second-order valence-electron chi connectivity index (χ2n) is 2.88. The van der Waals surface area contributed by atoms with Crippen LogP contribution in [0.3, 0.4) is 0 Å². The molecule has 0 aliphatic heterocycles. The molecule has 0 aromatic carbocycles. The van der Waals surface area contributed by atoms with E-state index in [1.807, 2.05) is 6.92 Å². The minimum Gasteiger partial charge on any atom is -0.107 e. The summed E-state index contributed by atoms with van der Waals surface area (Å²) in [4.78, 5) is 0. The van der Waals surface area contributed by atoms with E-state index >= 15 is 0 Å². The standard InChI is InChI=1S/C11H14/c1-2-3-5-8-11-9-6-4-7-10-11/h11H,4-6,8-9H2,1H3. The number of rotatable bonds is 2. The largest absolute Gasteiger partial charge is 0.107 e. The Morgan fingerprint density at radius 1 is 1.55 bits per heavy atom. The third-order valence-corrected chi connectivity index (χ3v) is 1.96. The molecule has 1 rings (SSSR count). The topological polar surface area (TPSA) is 0 Å². The molecule has 1 atom stereocenters. The van der Waals surface area contributed by atoms with Gasteiger partial charge in [-0.05, 0) is 26.2 Å². The van der Waals surface area contributed by atoms with E-state index in [4.69, 9.17) is 0 Å². The minimum atomic E-state index is 0.643. The number of hydrogen-bond donors (Lipinski definition) is 0. The van der Waals surface area contributed by atoms with Gasteiger partial charge < -0.3 is 0 Å². The minimum absolute atomic E-state index is 0.643. The zero-order valence-electron chi connectivity index (χ0n) is 7.11. The van der Waals surface area contributed by atoms with Gasteiger partial charge in [0.25, 0.3) is 0 Å². The van der Waals surface area contributed by atoms with Crippen LogP contribution in [0.1, 0.15) is 39.0 Å². The predicted molar refractivity (Wildman–Crippen MR) is 47.8 cm³/mol. The molecule has 0 saturated heterocycles. The van der Waals surface area contributed by atoms with Crippen LogP contribution in [0, 0.1) is 29.6 Å². The summed E-state index contributed by atoms with van der Waals surface area (Å²) < 4.78 is 0. The fraction of sp³-hybridized carbons (Fsp3) is 0.636. The van der Waals surface area contributed by atoms with E-state index in [9.17, 15) is 0 Å². The highest BCUT2D eigenvalue weighted by Gasteiger charge is 2.05. The highest BCUT2D eigenvalue weighted by Crippen LogP contribution is 2.16. The van der Waals surface area contributed by atoms with Crippen molar-refractivity contribution in [2.24, 2.45) is 5.92 Å². The summed E-state index contributed by atoms with van der Waals surface area (Å²) in [7, 11) is 0. The Balaban J connectivity index is 2.22. The fourth-order valence-electron chi connectivity index (χ4n) is 1.31. The maximum atomic E-state index is 3.26. The van der Waals surface area contributed by atoms with Crippen LogP contribution in [0.25, 0.3) is 0 Å². The molecule has 0 heterocycles. The lowest BCUT2D eigenvalue weighted by Crippen LogP contribution is -2.00. The van der Waals surface area contributed by atoms with Crippen molar-refractivity contribution < 1.29 is 0 Å². The van der Waals surface area contributed by atoms with Gasteiger partial charge in [0.05, 0.1) is 0 Å². The van der Waals surface area contributed by atoms with Gasteiger partial charge in [0.2, 0.25) is 0 Å². The monoisotopic (exact) mass is 146 g/mol. The van der Waals surface area contributed by atoms with Crippen molar-refractivity contribution in [1.29, 1.82) is 0 Å². The predicted octanol–water partition coefficient (Wildman–Crippen LogP) is 2.59. The Kier molecular flexibility index (Phi) is 3.63. The molecule has 0 fully saturated rings. The van der Waals surface area contributed by atoms with Crippen LogP contribution >= 0.6 is 0 Å². The first-order valence-corrected chi connectivity index (χ1v) is 4.31. The van der Waals surface area contributed by atoms with Gasteiger partial charge in [-0.15, -0.1) is 17.8 Å². The second-order valence-corrected chi connectivity index (χ2v) is 2.88. The van der Waals surface area contributed by atoms with E-state index in [0.29, 0.717) is 5.92 Å². The van der Waals surface area contributed by atoms with Crippen molar-refractivity contribution in [2.45, 2.75) is 39.0 Å². The molecular weight excluding hydrogens is 132 g/mol. The van der Waals surface area contributed by atoms with E-state index < -0.39 is 0 Å². The van der Waals surface area contributed by atoms with Gasteiger partial charge >= 0.3 is 0 Å². The third-order valence-electron chi connectivity index (χ3n) is 1.96. The SMILES string of the molecule is CC#CCCC1C#CCCC1. The van der Waals surface area contributed by atoms with Crippen molar-refractivity contribution in [3.05, 3.63) is 0 Å². The average Bonchev–Trinajstić information content (AvgIpc) is 2.07. The van der Waals surface area contributed by atoms with Crippen molar-refractivity contribution in [1.82, 2.24) is 0 Å². The Hall–Kier alpha value is -0.880. The maximum absolute atomic E-state index is 3.26. The second kappa shape index (κ2) is 4.86. The summed E-state index contributed by atoms with van der Waals surface area (Å²) in [6, 6.07) is 0. The van der Waals surface area contributed by atoms with E-state index in [2.05, 4.69) is 23.7 Å². The van der Waals surface area contributed by atoms with Gasteiger partial charge in [0, 0.05) is 18.8 Å². The van der Waals surface area contributed by atoms with Crippen LogP contribution in [0.5, 0.6) is 0 Å². The van der Waals surface area contributed by atoms with Crippen LogP contribution < -0.4 is 0 Å². The summed E-state index contributed by atoms with van der Waals surface area (Å²) in [6.07, 6.45) is 5.88. The quantitative estimate of drug-likeness (QED) is 0.525. The van der Waals surface area contributed by atoms with Crippen LogP contribution in [-0.2, 0) is 0 Å². The molecule has 0 aromatic heterocycles. The van der Waals surface area contributed by atoms with E-state index in [1.165, 1.54) is 19.3 Å². The van der Waals surface area contributed by atoms with E-state index in [-0.39, 0.29) is 0 Å². The molecule has 0 heteroatoms. The molecule has 1 aliphatic carbocycles. The summed E-state index contributed by atoms with van der Waals surface area (Å²) in [5.74, 6) is 13.1. The molecule has 0 nitrogen and oxygen atoms in total. The van der Waals surface area contributed by atoms with Crippen LogP contribution in [0.4, 0.5) is 0 Å². The maximum Gasteiger partial charge on any atom is 0.0212 e. The molecule has 0 radical (unpaired) electrons. The Bertz CT molecular complexity index is 216. The lowest BCUT2D eigenvalue weighted by Gasteiger charge is -2.10. The van der Waals surface area contributed by atoms with E-state index in [0.717, 1.165) is 12.8 Å². The normalized spacial score (nSPS) is 21.0. The van der Waals surface area contributed by atoms with Crippen LogP contribution in [0.2, 0.25) is 0 Å². The Morgan fingerprint density at radius 3 is 3.09 bits per heavy atom. The summed E-state index contributed by atoms with van der Waals surface area (Å²) in [5.41, 5.74) is 0. The number of hydrogen-bond acceptors (Lipinski definition) is 0. The van der Waals surface area contributed by atoms with Gasteiger partial charge in [-0.1, -0.05) is 5.92 Å². The molecule has 1 unspecified atom stereocenters. The average molecular weight is 146 g/mol. The molecule has 0 aromatic rings. The molecule has 11 heavy (non-hydrogen) atoms. The molecule has 0 N–H and O–H groups in total. The third kappa shape index (κ3) is 3.15. The lowest BCUT2D eigenvalue weighted by atomic mass is 9.94. The molecule has 0 spiro atoms. The summed E-state index contributed by atoms with van der Waals surface area (Å²) >= 11 is 0. The summed E-state index contributed by atoms with van der Waals surface area (Å²) in [6.45, 7) is 1.90. The van der Waals surface area contributed by atoms with Gasteiger partial charge in [0.1, 0.15) is 0 Å². The molecule has 0 bridgehead atoms. The zero-order valence-corrected chi connectivity index (χ0v) is 7.11. The van der Waals surface area contributed by atoms with Crippen LogP contribution in [0.15, 0.2) is 0 Å². The first kappa shape index (κ1) is 8.22. The van der Waals surface area contributed by atoms with Crippen molar-refractivity contribution in [3.63, 3.8) is 0 Å². The zero-order chi connectivity index (χ0) is 7.94. The molecule has 58 valence electrons. The van der Waals surface area contributed by atoms with Gasteiger partial charge in [-0.3, -0.25) is 0 Å². The molecule has 0 saturated carbocycles. The van der Waals surface area contributed by atoms with Gasteiger partial charge in [0.15, 0.2) is 0 Å². The first-order chi connectivity index (χ1) is 5.43. The van der Waals surface area contributed by atoms with Gasteiger partial charge in [-0.2, -0.15) is 0 Å². The Morgan fingerprint density at radius 2 is 2.45 bits per heavy atom. The van der Waals surface area contributed by atoms with Crippen molar-refractivity contribution in [2.75, 3.05) is 0 Å². The molecular formula is C11H14.